The topological polar surface area (TPSA) is 361 Å². The van der Waals surface area contributed by atoms with Crippen molar-refractivity contribution in [1.29, 1.82) is 0 Å². The summed E-state index contributed by atoms with van der Waals surface area (Å²) in [7, 11) is 0. The molecule has 0 bridgehead atoms. The van der Waals surface area contributed by atoms with Crippen LogP contribution in [0.3, 0.4) is 0 Å². The summed E-state index contributed by atoms with van der Waals surface area (Å²) >= 11 is 1.29. The van der Waals surface area contributed by atoms with Gasteiger partial charge in [-0.3, -0.25) is 23.9 Å². The maximum absolute atomic E-state index is 12.3. The summed E-state index contributed by atoms with van der Waals surface area (Å²) in [5.41, 5.74) is 34.1. The molecule has 2 aromatic rings. The number of aliphatic hydroxyl groups excluding tert-OH is 2. The van der Waals surface area contributed by atoms with Crippen LogP contribution in [0.5, 0.6) is 0 Å². The molecule has 1 aliphatic heterocycles. The number of aromatic nitrogens is 4. The second-order valence-corrected chi connectivity index (χ2v) is 11.2. The van der Waals surface area contributed by atoms with E-state index in [4.69, 9.17) is 39.1 Å². The molecule has 1 fully saturated rings. The summed E-state index contributed by atoms with van der Waals surface area (Å²) in [5.74, 6) is -1.30. The van der Waals surface area contributed by atoms with Crippen LogP contribution in [0, 0.1) is 0 Å². The number of ether oxygens (including phenoxy) is 1. The predicted molar refractivity (Wildman–Crippen MR) is 169 cm³/mol. The number of nitrogens with one attached hydrogen (secondary N) is 3. The van der Waals surface area contributed by atoms with Gasteiger partial charge in [0.2, 0.25) is 17.7 Å². The Kier molecular flexibility index (Phi) is 13.5. The highest BCUT2D eigenvalue weighted by Crippen LogP contribution is 2.33. The van der Waals surface area contributed by atoms with Gasteiger partial charge in [0.15, 0.2) is 29.6 Å². The fourth-order valence-electron chi connectivity index (χ4n) is 4.32. The van der Waals surface area contributed by atoms with E-state index in [1.807, 2.05) is 0 Å². The Morgan fingerprint density at radius 1 is 1.07 bits per heavy atom. The minimum Gasteiger partial charge on any atom is -0.387 e. The molecule has 2 aromatic heterocycles. The normalized spacial score (nSPS) is 21.0. The van der Waals surface area contributed by atoms with Crippen molar-refractivity contribution >= 4 is 58.4 Å². The van der Waals surface area contributed by atoms with Crippen LogP contribution in [0.4, 0.5) is 5.82 Å². The van der Waals surface area contributed by atoms with Gasteiger partial charge in [-0.25, -0.2) is 19.9 Å². The summed E-state index contributed by atoms with van der Waals surface area (Å²) in [5, 5.41) is 28.8. The van der Waals surface area contributed by atoms with Crippen LogP contribution in [-0.4, -0.2) is 121 Å². The van der Waals surface area contributed by atoms with Crippen LogP contribution >= 0.6 is 11.8 Å². The molecular weight excluding hydrogens is 626 g/mol. The number of anilines is 1. The minimum atomic E-state index is -1.24. The van der Waals surface area contributed by atoms with Gasteiger partial charge in [-0.2, -0.15) is 0 Å². The van der Waals surface area contributed by atoms with Gasteiger partial charge in [0, 0.05) is 18.8 Å². The number of nitrogens with zero attached hydrogens (tertiary/aromatic N) is 6. The minimum absolute atomic E-state index is 0.0592. The van der Waals surface area contributed by atoms with Crippen LogP contribution in [0.15, 0.2) is 22.6 Å². The van der Waals surface area contributed by atoms with Crippen LogP contribution < -0.4 is 50.4 Å². The second-order valence-electron chi connectivity index (χ2n) is 10.2. The highest BCUT2D eigenvalue weighted by Gasteiger charge is 2.44. The number of carbonyl (C=O) groups is 3. The lowest BCUT2D eigenvalue weighted by Crippen LogP contribution is -2.51. The molecule has 0 unspecified atom stereocenters. The van der Waals surface area contributed by atoms with E-state index in [1.165, 1.54) is 29.0 Å². The molecule has 46 heavy (non-hydrogen) atoms. The third-order valence-corrected chi connectivity index (χ3v) is 7.63. The van der Waals surface area contributed by atoms with Gasteiger partial charge in [0.05, 0.1) is 30.9 Å². The molecule has 0 aromatic carbocycles. The van der Waals surface area contributed by atoms with E-state index in [0.29, 0.717) is 30.6 Å². The number of nitrogen functional groups attached to an aromatic ring is 1. The lowest BCUT2D eigenvalue weighted by Gasteiger charge is -2.17. The number of aliphatic hydroxyl groups is 2. The van der Waals surface area contributed by atoms with Crippen molar-refractivity contribution < 1.29 is 29.3 Å². The van der Waals surface area contributed by atoms with Gasteiger partial charge >= 0.3 is 0 Å². The van der Waals surface area contributed by atoms with Gasteiger partial charge < -0.3 is 65.3 Å². The second kappa shape index (κ2) is 17.3. The number of hydrogen-bond donors (Lipinski definition) is 11. The van der Waals surface area contributed by atoms with Crippen molar-refractivity contribution in [2.24, 2.45) is 38.7 Å². The number of rotatable bonds is 17. The molecule has 1 saturated heterocycles. The molecule has 0 aliphatic carbocycles. The summed E-state index contributed by atoms with van der Waals surface area (Å²) in [6.07, 6.45) is -0.534. The molecule has 254 valence electrons. The van der Waals surface area contributed by atoms with Gasteiger partial charge in [0.25, 0.3) is 0 Å². The summed E-state index contributed by atoms with van der Waals surface area (Å²) in [6, 6.07) is -1.90. The molecule has 3 heterocycles. The monoisotopic (exact) mass is 667 g/mol. The van der Waals surface area contributed by atoms with Crippen molar-refractivity contribution in [2.75, 3.05) is 37.0 Å². The maximum Gasteiger partial charge on any atom is 0.240 e. The number of primary amides is 1. The number of amides is 3. The fraction of sp³-hybridized carbons (Fsp3) is 0.583. The Morgan fingerprint density at radius 3 is 2.54 bits per heavy atom. The molecule has 22 heteroatoms. The molecular formula is C24H41N15O6S. The number of thioether (sulfide) groups is 1. The summed E-state index contributed by atoms with van der Waals surface area (Å²) in [4.78, 5) is 56.3. The Labute approximate surface area is 267 Å². The van der Waals surface area contributed by atoms with Gasteiger partial charge in [0.1, 0.15) is 30.1 Å². The first kappa shape index (κ1) is 36.0. The van der Waals surface area contributed by atoms with Crippen LogP contribution in [0.1, 0.15) is 25.5 Å². The zero-order valence-corrected chi connectivity index (χ0v) is 25.7. The van der Waals surface area contributed by atoms with Gasteiger partial charge in [-0.15, -0.1) is 11.8 Å². The molecule has 0 saturated carbocycles. The lowest BCUT2D eigenvalue weighted by molar-refractivity contribution is -0.129. The molecule has 1 aliphatic rings. The highest BCUT2D eigenvalue weighted by molar-refractivity contribution is 7.99. The molecule has 0 radical (unpaired) electrons. The number of fused-ring (bicyclic) bond motifs is 1. The van der Waals surface area contributed by atoms with E-state index < -0.39 is 60.9 Å². The molecule has 6 atom stereocenters. The lowest BCUT2D eigenvalue weighted by atomic mass is 10.1. The molecule has 3 rings (SSSR count). The maximum atomic E-state index is 12.3. The average Bonchev–Trinajstić information content (AvgIpc) is 3.56. The fourth-order valence-corrected chi connectivity index (χ4v) is 5.16. The standard InChI is InChI=1S/C24H41N15O6S/c25-11(2-1-4-31-23(28)29)21(44)33-6-14(40)38-12(19(27)43)3-5-32-24(30)37-10-46-7-13-16(41)17(42)22(45-13)39-9-36-15-18(26)34-8-35-20(15)39/h8-9,11-13,16-17,22,41-42H,1-7,10,25H2,(H2,27,43)(H,33,44)(H,38,40)(H2,26,34,35)(H4,28,29,31)(H3,30,32,37)/t11-,12+,13+,16+,17+,22+/m0/s1. The third kappa shape index (κ3) is 10.3. The van der Waals surface area contributed by atoms with Crippen molar-refractivity contribution in [3.8, 4) is 0 Å². The summed E-state index contributed by atoms with van der Waals surface area (Å²) in [6.45, 7) is 0.0555. The largest absolute Gasteiger partial charge is 0.387 e. The first-order chi connectivity index (χ1) is 21.9. The Balaban J connectivity index is 1.35. The first-order valence-electron chi connectivity index (χ1n) is 14.1. The smallest absolute Gasteiger partial charge is 0.240 e. The van der Waals surface area contributed by atoms with Gasteiger partial charge in [-0.05, 0) is 19.3 Å². The first-order valence-corrected chi connectivity index (χ1v) is 15.3. The highest BCUT2D eigenvalue weighted by atomic mass is 32.2. The zero-order chi connectivity index (χ0) is 33.8. The van der Waals surface area contributed by atoms with E-state index in [9.17, 15) is 24.6 Å². The SMILES string of the molecule is NC(=O)[C@@H](CCN/C(N)=N/CSC[C@H]1O[C@@H](n2cnc3c(N)ncnc32)[C@H](O)[C@@H]1O)NC(=O)CNC(=O)[C@@H](N)CCCN=C(N)N. The molecule has 17 N–H and O–H groups in total. The number of imidazole rings is 1. The van der Waals surface area contributed by atoms with E-state index >= 15 is 0 Å². The van der Waals surface area contributed by atoms with Crippen molar-refractivity contribution in [2.45, 2.75) is 55.9 Å². The number of nitrogens with two attached hydrogens (primary N) is 6. The van der Waals surface area contributed by atoms with E-state index in [-0.39, 0.29) is 42.3 Å². The van der Waals surface area contributed by atoms with Gasteiger partial charge in [-0.1, -0.05) is 0 Å². The zero-order valence-electron chi connectivity index (χ0n) is 24.9. The Morgan fingerprint density at radius 2 is 1.83 bits per heavy atom. The van der Waals surface area contributed by atoms with Crippen LogP contribution in [-0.2, 0) is 19.1 Å². The third-order valence-electron chi connectivity index (χ3n) is 6.75. The number of hydrogen-bond acceptors (Lipinski definition) is 14. The predicted octanol–water partition coefficient (Wildman–Crippen LogP) is -5.52. The van der Waals surface area contributed by atoms with E-state index in [0.717, 1.165) is 0 Å². The molecule has 0 spiro atoms. The average molecular weight is 668 g/mol. The molecule has 3 amide bonds. The van der Waals surface area contributed by atoms with Crippen LogP contribution in [0.25, 0.3) is 11.2 Å². The van der Waals surface area contributed by atoms with Crippen molar-refractivity contribution in [3.05, 3.63) is 12.7 Å². The van der Waals surface area contributed by atoms with Crippen molar-refractivity contribution in [3.63, 3.8) is 0 Å². The molecule has 21 nitrogen and oxygen atoms in total. The quantitative estimate of drug-likeness (QED) is 0.0425. The van der Waals surface area contributed by atoms with Crippen LogP contribution in [0.2, 0.25) is 0 Å². The van der Waals surface area contributed by atoms with E-state index in [2.05, 4.69) is 40.9 Å². The summed E-state index contributed by atoms with van der Waals surface area (Å²) < 4.78 is 7.37. The van der Waals surface area contributed by atoms with Crippen molar-refractivity contribution in [1.82, 2.24) is 35.5 Å². The number of carbonyl (C=O) groups excluding carboxylic acids is 3. The Bertz CT molecular complexity index is 1400. The number of aliphatic imine (C=N–C) groups is 2. The Hall–Kier alpha value is -4.51. The number of guanidine groups is 2. The van der Waals surface area contributed by atoms with E-state index in [1.54, 1.807) is 0 Å².